The Morgan fingerprint density at radius 1 is 1.05 bits per heavy atom. The summed E-state index contributed by atoms with van der Waals surface area (Å²) in [6.07, 6.45) is 0.410. The molecule has 4 N–H and O–H groups in total. The number of hydrogen-bond acceptors (Lipinski definition) is 10. The quantitative estimate of drug-likeness (QED) is 0.130. The van der Waals surface area contributed by atoms with Crippen LogP contribution in [0.5, 0.6) is 23.0 Å². The lowest BCUT2D eigenvalue weighted by Gasteiger charge is -2.28. The smallest absolute Gasteiger partial charge is 0.337 e. The zero-order valence-corrected chi connectivity index (χ0v) is 22.6. The molecule has 0 bridgehead atoms. The normalized spacial score (nSPS) is 15.7. The van der Waals surface area contributed by atoms with Gasteiger partial charge in [-0.05, 0) is 62.2 Å². The van der Waals surface area contributed by atoms with Gasteiger partial charge < -0.3 is 39.4 Å². The van der Waals surface area contributed by atoms with E-state index in [1.165, 1.54) is 13.3 Å². The molecule has 3 rings (SSSR count). The maximum Gasteiger partial charge on any atom is 0.337 e. The number of esters is 1. The first-order chi connectivity index (χ1) is 18.8. The van der Waals surface area contributed by atoms with E-state index in [-0.39, 0.29) is 12.2 Å². The number of benzene rings is 2. The number of hydrogen-bond donors (Lipinski definition) is 4. The number of methoxy groups -OCH3 is 2. The minimum Gasteiger partial charge on any atom is -0.493 e. The second kappa shape index (κ2) is 13.9. The van der Waals surface area contributed by atoms with Gasteiger partial charge in [0.15, 0.2) is 29.2 Å². The second-order valence-corrected chi connectivity index (χ2v) is 8.26. The van der Waals surface area contributed by atoms with Crippen LogP contribution in [0.15, 0.2) is 52.8 Å². The topological polar surface area (TPSA) is 149 Å². The average Bonchev–Trinajstić information content (AvgIpc) is 2.92. The number of aliphatic hydroxyl groups is 1. The van der Waals surface area contributed by atoms with Crippen LogP contribution in [0.25, 0.3) is 0 Å². The summed E-state index contributed by atoms with van der Waals surface area (Å²) in [7, 11) is 2.84. The van der Waals surface area contributed by atoms with E-state index >= 15 is 0 Å². The summed E-state index contributed by atoms with van der Waals surface area (Å²) in [5.41, 5.74) is 4.61. The van der Waals surface area contributed by atoms with Gasteiger partial charge in [0, 0.05) is 5.70 Å². The SMILES string of the molecule is CCOc1cc(/C=N\N[C@@H](O)COc2ccc([C@H]3NC(=O)NC(C)=C3C(=O)OC)cc2OCC)ccc1OC. The van der Waals surface area contributed by atoms with Crippen molar-refractivity contribution in [1.82, 2.24) is 16.1 Å². The average molecular weight is 543 g/mol. The number of ether oxygens (including phenoxy) is 5. The van der Waals surface area contributed by atoms with Crippen molar-refractivity contribution in [3.05, 3.63) is 58.8 Å². The number of allylic oxidation sites excluding steroid dienone is 1. The molecule has 0 spiro atoms. The molecule has 2 aromatic rings. The minimum absolute atomic E-state index is 0.139. The van der Waals surface area contributed by atoms with Crippen LogP contribution in [0.3, 0.4) is 0 Å². The van der Waals surface area contributed by atoms with Crippen molar-refractivity contribution in [3.8, 4) is 23.0 Å². The van der Waals surface area contributed by atoms with Gasteiger partial charge in [-0.25, -0.2) is 9.59 Å². The molecule has 2 atom stereocenters. The molecule has 1 heterocycles. The highest BCUT2D eigenvalue weighted by molar-refractivity contribution is 5.95. The number of aliphatic hydroxyl groups excluding tert-OH is 1. The fourth-order valence-electron chi connectivity index (χ4n) is 3.86. The highest BCUT2D eigenvalue weighted by Gasteiger charge is 2.32. The highest BCUT2D eigenvalue weighted by Crippen LogP contribution is 2.35. The summed E-state index contributed by atoms with van der Waals surface area (Å²) in [6.45, 7) is 6.01. The molecule has 0 aromatic heterocycles. The Morgan fingerprint density at radius 3 is 2.41 bits per heavy atom. The Balaban J connectivity index is 1.68. The van der Waals surface area contributed by atoms with E-state index in [2.05, 4.69) is 21.2 Å². The van der Waals surface area contributed by atoms with E-state index in [1.807, 2.05) is 13.8 Å². The molecule has 0 unspecified atom stereocenters. The van der Waals surface area contributed by atoms with E-state index in [0.717, 1.165) is 5.56 Å². The lowest BCUT2D eigenvalue weighted by molar-refractivity contribution is -0.136. The van der Waals surface area contributed by atoms with Crippen molar-refractivity contribution < 1.29 is 38.4 Å². The van der Waals surface area contributed by atoms with Gasteiger partial charge in [0.1, 0.15) is 6.61 Å². The first-order valence-corrected chi connectivity index (χ1v) is 12.3. The number of nitrogens with one attached hydrogen (secondary N) is 3. The van der Waals surface area contributed by atoms with Gasteiger partial charge in [0.25, 0.3) is 0 Å². The maximum atomic E-state index is 12.4. The molecule has 0 saturated heterocycles. The third kappa shape index (κ3) is 7.54. The molecular weight excluding hydrogens is 508 g/mol. The second-order valence-electron chi connectivity index (χ2n) is 8.26. The molecule has 1 aliphatic rings. The van der Waals surface area contributed by atoms with E-state index in [4.69, 9.17) is 23.7 Å². The number of carbonyl (C=O) groups is 2. The lowest BCUT2D eigenvalue weighted by Crippen LogP contribution is -2.45. The fourth-order valence-corrected chi connectivity index (χ4v) is 3.86. The van der Waals surface area contributed by atoms with Crippen LogP contribution in [-0.2, 0) is 9.53 Å². The van der Waals surface area contributed by atoms with E-state index < -0.39 is 24.3 Å². The molecule has 1 aliphatic heterocycles. The molecule has 0 radical (unpaired) electrons. The van der Waals surface area contributed by atoms with Crippen molar-refractivity contribution in [1.29, 1.82) is 0 Å². The highest BCUT2D eigenvalue weighted by atomic mass is 16.5. The van der Waals surface area contributed by atoms with Crippen LogP contribution in [0.1, 0.15) is 37.9 Å². The van der Waals surface area contributed by atoms with E-state index in [1.54, 1.807) is 50.4 Å². The molecule has 0 saturated carbocycles. The molecule has 210 valence electrons. The van der Waals surface area contributed by atoms with Crippen molar-refractivity contribution in [3.63, 3.8) is 0 Å². The summed E-state index contributed by atoms with van der Waals surface area (Å²) < 4.78 is 27.2. The third-order valence-corrected chi connectivity index (χ3v) is 5.60. The Morgan fingerprint density at radius 2 is 1.74 bits per heavy atom. The van der Waals surface area contributed by atoms with Crippen molar-refractivity contribution in [2.75, 3.05) is 34.0 Å². The summed E-state index contributed by atoms with van der Waals surface area (Å²) in [6, 6.07) is 9.17. The largest absolute Gasteiger partial charge is 0.493 e. The zero-order valence-electron chi connectivity index (χ0n) is 22.6. The van der Waals surface area contributed by atoms with Crippen LogP contribution >= 0.6 is 0 Å². The van der Waals surface area contributed by atoms with Gasteiger partial charge in [0.05, 0.1) is 45.3 Å². The predicted molar refractivity (Wildman–Crippen MR) is 143 cm³/mol. The lowest BCUT2D eigenvalue weighted by atomic mass is 9.95. The first-order valence-electron chi connectivity index (χ1n) is 12.3. The molecule has 12 heteroatoms. The Labute approximate surface area is 226 Å². The molecule has 0 fully saturated rings. The van der Waals surface area contributed by atoms with Crippen LogP contribution in [-0.4, -0.2) is 63.6 Å². The number of nitrogens with zero attached hydrogens (tertiary/aromatic N) is 1. The van der Waals surface area contributed by atoms with Crippen LogP contribution in [0, 0.1) is 0 Å². The maximum absolute atomic E-state index is 12.4. The molecular formula is C27H34N4O8. The monoisotopic (exact) mass is 542 g/mol. The fraction of sp³-hybridized carbons (Fsp3) is 0.370. The number of amides is 2. The molecule has 2 aromatic carbocycles. The number of urea groups is 1. The summed E-state index contributed by atoms with van der Waals surface area (Å²) in [5.74, 6) is 1.38. The Bertz CT molecular complexity index is 1230. The van der Waals surface area contributed by atoms with Gasteiger partial charge in [0.2, 0.25) is 0 Å². The van der Waals surface area contributed by atoms with Crippen molar-refractivity contribution >= 4 is 18.2 Å². The van der Waals surface area contributed by atoms with E-state index in [0.29, 0.717) is 47.5 Å². The molecule has 12 nitrogen and oxygen atoms in total. The molecule has 0 aliphatic carbocycles. The number of rotatable bonds is 13. The van der Waals surface area contributed by atoms with Gasteiger partial charge in [-0.1, -0.05) is 6.07 Å². The Hall–Kier alpha value is -4.45. The Kier molecular flexibility index (Phi) is 10.4. The van der Waals surface area contributed by atoms with Crippen LogP contribution in [0.2, 0.25) is 0 Å². The van der Waals surface area contributed by atoms with E-state index in [9.17, 15) is 14.7 Å². The van der Waals surface area contributed by atoms with Gasteiger partial charge in [-0.3, -0.25) is 5.43 Å². The summed E-state index contributed by atoms with van der Waals surface area (Å²) in [5, 5.41) is 19.7. The standard InChI is InChI=1S/C27H34N4O8/c1-6-37-21-12-17(8-10-19(21)35-4)14-28-31-23(32)15-39-20-11-9-18(13-22(20)38-7-2)25-24(26(33)36-5)16(3)29-27(34)30-25/h8-14,23,25,31-32H,6-7,15H2,1-5H3,(H2,29,30,34)/b28-14-/t23-,25+/m0/s1. The predicted octanol–water partition coefficient (Wildman–Crippen LogP) is 2.61. The van der Waals surface area contributed by atoms with Crippen LogP contribution < -0.4 is 35.0 Å². The van der Waals surface area contributed by atoms with Gasteiger partial charge in [-0.15, -0.1) is 0 Å². The minimum atomic E-state index is -1.12. The van der Waals surface area contributed by atoms with Gasteiger partial charge >= 0.3 is 12.0 Å². The van der Waals surface area contributed by atoms with Gasteiger partial charge in [-0.2, -0.15) is 5.10 Å². The van der Waals surface area contributed by atoms with Crippen molar-refractivity contribution in [2.24, 2.45) is 5.10 Å². The number of carbonyl (C=O) groups excluding carboxylic acids is 2. The first kappa shape index (κ1) is 29.1. The number of hydrazone groups is 1. The zero-order chi connectivity index (χ0) is 28.4. The molecule has 39 heavy (non-hydrogen) atoms. The van der Waals surface area contributed by atoms with Crippen molar-refractivity contribution in [2.45, 2.75) is 33.0 Å². The molecule has 2 amide bonds. The summed E-state index contributed by atoms with van der Waals surface area (Å²) >= 11 is 0. The third-order valence-electron chi connectivity index (χ3n) is 5.60. The van der Waals surface area contributed by atoms with Crippen LogP contribution in [0.4, 0.5) is 4.79 Å². The summed E-state index contributed by atoms with van der Waals surface area (Å²) in [4.78, 5) is 24.5.